The van der Waals surface area contributed by atoms with Gasteiger partial charge in [0.1, 0.15) is 11.6 Å². The second kappa shape index (κ2) is 4.55. The number of hydrogen-bond acceptors (Lipinski definition) is 2. The molecule has 22 heavy (non-hydrogen) atoms. The van der Waals surface area contributed by atoms with Crippen LogP contribution in [0.1, 0.15) is 65.2 Å². The first-order chi connectivity index (χ1) is 10.4. The molecule has 4 rings (SSSR count). The molecule has 120 valence electrons. The Labute approximate surface area is 133 Å². The molecule has 0 aliphatic heterocycles. The van der Waals surface area contributed by atoms with E-state index in [0.717, 1.165) is 51.4 Å². The van der Waals surface area contributed by atoms with Crippen LogP contribution in [0.2, 0.25) is 0 Å². The third-order valence-corrected chi connectivity index (χ3v) is 8.16. The van der Waals surface area contributed by atoms with Gasteiger partial charge in [0.25, 0.3) is 0 Å². The predicted molar refractivity (Wildman–Crippen MR) is 86.3 cm³/mol. The highest BCUT2D eigenvalue weighted by Gasteiger charge is 2.61. The Balaban J connectivity index is 1.72. The Morgan fingerprint density at radius 3 is 2.55 bits per heavy atom. The van der Waals surface area contributed by atoms with Crippen LogP contribution in [0.5, 0.6) is 0 Å². The van der Waals surface area contributed by atoms with E-state index in [0.29, 0.717) is 40.7 Å². The molecule has 0 radical (unpaired) electrons. The molecule has 0 amide bonds. The van der Waals surface area contributed by atoms with Gasteiger partial charge in [-0.2, -0.15) is 0 Å². The zero-order valence-corrected chi connectivity index (χ0v) is 14.0. The number of carbonyl (C=O) groups is 2. The molecule has 0 bridgehead atoms. The molecule has 2 heteroatoms. The smallest absolute Gasteiger partial charge is 0.139 e. The summed E-state index contributed by atoms with van der Waals surface area (Å²) in [5, 5.41) is 0. The van der Waals surface area contributed by atoms with Gasteiger partial charge in [-0.3, -0.25) is 9.59 Å². The first-order valence-corrected chi connectivity index (χ1v) is 9.09. The van der Waals surface area contributed by atoms with Crippen molar-refractivity contribution in [3.8, 4) is 0 Å². The lowest BCUT2D eigenvalue weighted by molar-refractivity contribution is -0.138. The van der Waals surface area contributed by atoms with Crippen molar-refractivity contribution in [2.75, 3.05) is 0 Å². The Kier molecular flexibility index (Phi) is 3.03. The van der Waals surface area contributed by atoms with Gasteiger partial charge in [-0.25, -0.2) is 0 Å². The van der Waals surface area contributed by atoms with E-state index < -0.39 is 0 Å². The van der Waals surface area contributed by atoms with E-state index >= 15 is 0 Å². The Bertz CT molecular complexity index is 562. The predicted octanol–water partition coefficient (Wildman–Crippen LogP) is 4.33. The van der Waals surface area contributed by atoms with Crippen molar-refractivity contribution >= 4 is 11.6 Å². The second-order valence-electron chi connectivity index (χ2n) is 8.96. The molecule has 0 aromatic carbocycles. The summed E-state index contributed by atoms with van der Waals surface area (Å²) in [6.07, 6.45) is 7.66. The highest BCUT2D eigenvalue weighted by Crippen LogP contribution is 2.66. The first kappa shape index (κ1) is 14.7. The third-order valence-electron chi connectivity index (χ3n) is 8.16. The fourth-order valence-corrected chi connectivity index (χ4v) is 6.69. The lowest BCUT2D eigenvalue weighted by atomic mass is 9.44. The van der Waals surface area contributed by atoms with E-state index in [9.17, 15) is 9.59 Å². The van der Waals surface area contributed by atoms with Crippen LogP contribution in [0.15, 0.2) is 12.2 Å². The molecule has 4 aliphatic carbocycles. The molecule has 0 aromatic heterocycles. The molecular weight excluding hydrogens is 272 g/mol. The van der Waals surface area contributed by atoms with E-state index in [1.165, 1.54) is 5.57 Å². The zero-order valence-electron chi connectivity index (χ0n) is 14.0. The number of fused-ring (bicyclic) bond motifs is 5. The van der Waals surface area contributed by atoms with E-state index in [1.54, 1.807) is 0 Å². The monoisotopic (exact) mass is 300 g/mol. The van der Waals surface area contributed by atoms with E-state index in [-0.39, 0.29) is 5.41 Å². The Hall–Kier alpha value is -0.920. The average Bonchev–Trinajstić information content (AvgIpc) is 2.77. The Morgan fingerprint density at radius 2 is 1.77 bits per heavy atom. The zero-order chi connectivity index (χ0) is 15.7. The van der Waals surface area contributed by atoms with Gasteiger partial charge < -0.3 is 0 Å². The molecule has 6 atom stereocenters. The SMILES string of the molecule is C=C1C[C@H]2CC(=O)CC[C@]2(C)[C@H]2CC[C@]3(C)C(=O)CC[C@H]3[C@H]12. The van der Waals surface area contributed by atoms with Crippen molar-refractivity contribution in [2.24, 2.45) is 34.5 Å². The van der Waals surface area contributed by atoms with Gasteiger partial charge in [-0.1, -0.05) is 26.0 Å². The standard InChI is InChI=1S/C20H28O2/c1-12-10-13-11-14(21)6-8-19(13,2)16-7-9-20(3)15(18(12)16)4-5-17(20)22/h13,15-16,18H,1,4-11H2,2-3H3/t13-,15-,16-,18-,19-,20-/m0/s1. The molecule has 0 saturated heterocycles. The van der Waals surface area contributed by atoms with E-state index in [1.807, 2.05) is 0 Å². The van der Waals surface area contributed by atoms with Crippen LogP contribution < -0.4 is 0 Å². The number of hydrogen-bond donors (Lipinski definition) is 0. The topological polar surface area (TPSA) is 34.1 Å². The summed E-state index contributed by atoms with van der Waals surface area (Å²) in [6, 6.07) is 0. The molecule has 4 aliphatic rings. The van der Waals surface area contributed by atoms with Crippen molar-refractivity contribution < 1.29 is 9.59 Å². The molecule has 0 unspecified atom stereocenters. The van der Waals surface area contributed by atoms with E-state index in [2.05, 4.69) is 20.4 Å². The second-order valence-corrected chi connectivity index (χ2v) is 8.96. The van der Waals surface area contributed by atoms with Crippen LogP contribution in [0, 0.1) is 34.5 Å². The number of carbonyl (C=O) groups excluding carboxylic acids is 2. The molecule has 4 fully saturated rings. The minimum Gasteiger partial charge on any atom is -0.300 e. The molecule has 0 aromatic rings. The lowest BCUT2D eigenvalue weighted by Crippen LogP contribution is -2.54. The summed E-state index contributed by atoms with van der Waals surface area (Å²) >= 11 is 0. The van der Waals surface area contributed by atoms with Crippen molar-refractivity contribution in [3.05, 3.63) is 12.2 Å². The van der Waals surface area contributed by atoms with Crippen LogP contribution in [-0.4, -0.2) is 11.6 Å². The summed E-state index contributed by atoms with van der Waals surface area (Å²) < 4.78 is 0. The van der Waals surface area contributed by atoms with Gasteiger partial charge in [0.2, 0.25) is 0 Å². The van der Waals surface area contributed by atoms with Gasteiger partial charge in [0.05, 0.1) is 0 Å². The van der Waals surface area contributed by atoms with Crippen molar-refractivity contribution in [1.82, 2.24) is 0 Å². The van der Waals surface area contributed by atoms with Crippen LogP contribution in [0.25, 0.3) is 0 Å². The van der Waals surface area contributed by atoms with Crippen molar-refractivity contribution in [3.63, 3.8) is 0 Å². The summed E-state index contributed by atoms with van der Waals surface area (Å²) in [6.45, 7) is 9.10. The fourth-order valence-electron chi connectivity index (χ4n) is 6.69. The van der Waals surface area contributed by atoms with Crippen molar-refractivity contribution in [1.29, 1.82) is 0 Å². The highest BCUT2D eigenvalue weighted by molar-refractivity contribution is 5.87. The largest absolute Gasteiger partial charge is 0.300 e. The molecule has 0 heterocycles. The van der Waals surface area contributed by atoms with Crippen LogP contribution in [0.4, 0.5) is 0 Å². The van der Waals surface area contributed by atoms with Gasteiger partial charge in [0.15, 0.2) is 0 Å². The molecule has 4 saturated carbocycles. The van der Waals surface area contributed by atoms with Gasteiger partial charge in [-0.15, -0.1) is 0 Å². The number of allylic oxidation sites excluding steroid dienone is 1. The highest BCUT2D eigenvalue weighted by atomic mass is 16.1. The quantitative estimate of drug-likeness (QED) is 0.624. The minimum absolute atomic E-state index is 0.0855. The number of rotatable bonds is 0. The van der Waals surface area contributed by atoms with Crippen LogP contribution in [0.3, 0.4) is 0 Å². The minimum atomic E-state index is -0.0855. The first-order valence-electron chi connectivity index (χ1n) is 9.09. The number of Topliss-reactive ketones (excluding diaryl/α,β-unsaturated/α-hetero) is 2. The van der Waals surface area contributed by atoms with Crippen LogP contribution >= 0.6 is 0 Å². The maximum atomic E-state index is 12.4. The summed E-state index contributed by atoms with van der Waals surface area (Å²) in [4.78, 5) is 24.4. The van der Waals surface area contributed by atoms with Gasteiger partial charge >= 0.3 is 0 Å². The van der Waals surface area contributed by atoms with Crippen molar-refractivity contribution in [2.45, 2.75) is 65.2 Å². The number of ketones is 2. The van der Waals surface area contributed by atoms with Gasteiger partial charge in [0, 0.05) is 24.7 Å². The maximum Gasteiger partial charge on any atom is 0.139 e. The fraction of sp³-hybridized carbons (Fsp3) is 0.800. The summed E-state index contributed by atoms with van der Waals surface area (Å²) in [5.41, 5.74) is 1.57. The average molecular weight is 300 g/mol. The lowest BCUT2D eigenvalue weighted by Gasteiger charge is -2.60. The third kappa shape index (κ3) is 1.73. The van der Waals surface area contributed by atoms with Gasteiger partial charge in [-0.05, 0) is 61.2 Å². The summed E-state index contributed by atoms with van der Waals surface area (Å²) in [7, 11) is 0. The normalized spacial score (nSPS) is 51.3. The summed E-state index contributed by atoms with van der Waals surface area (Å²) in [5.74, 6) is 3.14. The molecule has 0 N–H and O–H groups in total. The molecule has 0 spiro atoms. The molecular formula is C20H28O2. The maximum absolute atomic E-state index is 12.4. The Morgan fingerprint density at radius 1 is 1.00 bits per heavy atom. The van der Waals surface area contributed by atoms with E-state index in [4.69, 9.17) is 0 Å². The molecule has 2 nitrogen and oxygen atoms in total. The van der Waals surface area contributed by atoms with Crippen LogP contribution in [-0.2, 0) is 9.59 Å².